The van der Waals surface area contributed by atoms with Crippen LogP contribution in [0.4, 0.5) is 18.3 Å². The van der Waals surface area contributed by atoms with Crippen LogP contribution in [0.1, 0.15) is 24.8 Å². The minimum absolute atomic E-state index is 0.274. The number of benzene rings is 1. The molecule has 0 bridgehead atoms. The molecule has 0 amide bonds. The van der Waals surface area contributed by atoms with Crippen LogP contribution in [0.3, 0.4) is 0 Å². The summed E-state index contributed by atoms with van der Waals surface area (Å²) in [6, 6.07) is 3.84. The molecule has 0 saturated carbocycles. The van der Waals surface area contributed by atoms with E-state index >= 15 is 0 Å². The summed E-state index contributed by atoms with van der Waals surface area (Å²) in [5.41, 5.74) is -0.155. The standard InChI is InChI=1S/C15H13ClF3N3S/c16-13-9(4-3-5-10(13)15(17,18)19)11-8-23-14(21-11)22-12-6-1-2-7-20-12/h3-5,8H,1-2,6-7H2,(H,20,21,22). The van der Waals surface area contributed by atoms with Gasteiger partial charge in [-0.15, -0.1) is 11.3 Å². The van der Waals surface area contributed by atoms with Gasteiger partial charge in [0, 0.05) is 23.9 Å². The quantitative estimate of drug-likeness (QED) is 0.771. The molecule has 1 aromatic heterocycles. The molecule has 1 aromatic carbocycles. The van der Waals surface area contributed by atoms with Crippen LogP contribution in [0.25, 0.3) is 11.3 Å². The van der Waals surface area contributed by atoms with Gasteiger partial charge < -0.3 is 5.32 Å². The summed E-state index contributed by atoms with van der Waals surface area (Å²) >= 11 is 7.25. The molecule has 0 saturated heterocycles. The van der Waals surface area contributed by atoms with Gasteiger partial charge in [0.15, 0.2) is 5.13 Å². The van der Waals surface area contributed by atoms with Crippen molar-refractivity contribution in [2.75, 3.05) is 11.9 Å². The summed E-state index contributed by atoms with van der Waals surface area (Å²) in [5, 5.41) is 5.09. The van der Waals surface area contributed by atoms with E-state index in [0.29, 0.717) is 10.8 Å². The number of aromatic nitrogens is 1. The third kappa shape index (κ3) is 3.67. The van der Waals surface area contributed by atoms with Crippen molar-refractivity contribution in [1.82, 2.24) is 4.98 Å². The van der Waals surface area contributed by atoms with Crippen molar-refractivity contribution >= 4 is 33.9 Å². The van der Waals surface area contributed by atoms with E-state index in [4.69, 9.17) is 11.6 Å². The van der Waals surface area contributed by atoms with Gasteiger partial charge in [-0.1, -0.05) is 23.7 Å². The van der Waals surface area contributed by atoms with E-state index < -0.39 is 11.7 Å². The number of nitrogens with one attached hydrogen (secondary N) is 1. The fourth-order valence-corrected chi connectivity index (χ4v) is 3.39. The molecule has 0 radical (unpaired) electrons. The molecule has 1 aliphatic rings. The van der Waals surface area contributed by atoms with E-state index in [0.717, 1.165) is 37.7 Å². The summed E-state index contributed by atoms with van der Waals surface area (Å²) < 4.78 is 38.8. The van der Waals surface area contributed by atoms with Crippen LogP contribution in [-0.4, -0.2) is 17.4 Å². The SMILES string of the molecule is FC(F)(F)c1cccc(-c2csc(NC3=NCCCC3)n2)c1Cl. The average Bonchev–Trinajstić information content (AvgIpc) is 2.95. The number of aliphatic imine (C=N–C) groups is 1. The fourth-order valence-electron chi connectivity index (χ4n) is 2.33. The summed E-state index contributed by atoms with van der Waals surface area (Å²) in [6.07, 6.45) is -1.47. The number of rotatable bonds is 2. The topological polar surface area (TPSA) is 37.3 Å². The summed E-state index contributed by atoms with van der Waals surface area (Å²) in [5.74, 6) is 0.868. The highest BCUT2D eigenvalue weighted by Crippen LogP contribution is 2.40. The normalized spacial score (nSPS) is 15.4. The molecule has 0 aliphatic carbocycles. The summed E-state index contributed by atoms with van der Waals surface area (Å²) in [7, 11) is 0. The zero-order valence-electron chi connectivity index (χ0n) is 12.0. The van der Waals surface area contributed by atoms with Crippen molar-refractivity contribution in [3.05, 3.63) is 34.2 Å². The van der Waals surface area contributed by atoms with Crippen LogP contribution in [0.15, 0.2) is 28.6 Å². The zero-order chi connectivity index (χ0) is 16.4. The van der Waals surface area contributed by atoms with E-state index in [1.54, 1.807) is 5.38 Å². The number of amidine groups is 1. The van der Waals surface area contributed by atoms with Gasteiger partial charge in [0.05, 0.1) is 16.3 Å². The number of hydrogen-bond donors (Lipinski definition) is 1. The van der Waals surface area contributed by atoms with Crippen LogP contribution >= 0.6 is 22.9 Å². The van der Waals surface area contributed by atoms with Crippen molar-refractivity contribution in [3.63, 3.8) is 0 Å². The van der Waals surface area contributed by atoms with E-state index in [1.807, 2.05) is 0 Å². The highest BCUT2D eigenvalue weighted by molar-refractivity contribution is 7.14. The Morgan fingerprint density at radius 1 is 1.22 bits per heavy atom. The third-order valence-corrected chi connectivity index (χ3v) is 4.62. The number of thiazole rings is 1. The number of anilines is 1. The maximum absolute atomic E-state index is 12.9. The molecule has 122 valence electrons. The lowest BCUT2D eigenvalue weighted by atomic mass is 10.1. The molecule has 3 nitrogen and oxygen atoms in total. The number of hydrogen-bond acceptors (Lipinski definition) is 4. The van der Waals surface area contributed by atoms with Crippen LogP contribution in [0.5, 0.6) is 0 Å². The first-order valence-corrected chi connectivity index (χ1v) is 8.33. The second kappa shape index (κ2) is 6.49. The van der Waals surface area contributed by atoms with Crippen LogP contribution in [0, 0.1) is 0 Å². The van der Waals surface area contributed by atoms with Gasteiger partial charge in [0.25, 0.3) is 0 Å². The summed E-state index contributed by atoms with van der Waals surface area (Å²) in [6.45, 7) is 0.792. The highest BCUT2D eigenvalue weighted by atomic mass is 35.5. The summed E-state index contributed by atoms with van der Waals surface area (Å²) in [4.78, 5) is 8.70. The lowest BCUT2D eigenvalue weighted by Gasteiger charge is -2.12. The smallest absolute Gasteiger partial charge is 0.320 e. The minimum Gasteiger partial charge on any atom is -0.320 e. The molecule has 1 N–H and O–H groups in total. The monoisotopic (exact) mass is 359 g/mol. The minimum atomic E-state index is -4.49. The maximum Gasteiger partial charge on any atom is 0.417 e. The Balaban J connectivity index is 1.87. The second-order valence-electron chi connectivity index (χ2n) is 5.11. The van der Waals surface area contributed by atoms with Gasteiger partial charge in [0.1, 0.15) is 5.84 Å². The van der Waals surface area contributed by atoms with Gasteiger partial charge in [0.2, 0.25) is 0 Å². The van der Waals surface area contributed by atoms with Crippen LogP contribution < -0.4 is 5.32 Å². The second-order valence-corrected chi connectivity index (χ2v) is 6.35. The number of alkyl halides is 3. The maximum atomic E-state index is 12.9. The van der Waals surface area contributed by atoms with Gasteiger partial charge >= 0.3 is 6.18 Å². The Bertz CT molecular complexity index is 740. The van der Waals surface area contributed by atoms with Crippen LogP contribution in [0.2, 0.25) is 5.02 Å². The van der Waals surface area contributed by atoms with Gasteiger partial charge in [-0.05, 0) is 18.9 Å². The van der Waals surface area contributed by atoms with Crippen molar-refractivity contribution in [1.29, 1.82) is 0 Å². The molecule has 8 heteroatoms. The van der Waals surface area contributed by atoms with Gasteiger partial charge in [-0.2, -0.15) is 13.2 Å². The molecule has 2 heterocycles. The molecular weight excluding hydrogens is 347 g/mol. The Morgan fingerprint density at radius 3 is 2.74 bits per heavy atom. The van der Waals surface area contributed by atoms with Crippen molar-refractivity contribution < 1.29 is 13.2 Å². The molecule has 3 rings (SSSR count). The Hall–Kier alpha value is -1.60. The van der Waals surface area contributed by atoms with E-state index in [-0.39, 0.29) is 10.6 Å². The molecule has 0 fully saturated rings. The van der Waals surface area contributed by atoms with Crippen molar-refractivity contribution in [2.45, 2.75) is 25.4 Å². The first-order valence-electron chi connectivity index (χ1n) is 7.07. The number of halogens is 4. The zero-order valence-corrected chi connectivity index (χ0v) is 13.5. The van der Waals surface area contributed by atoms with Gasteiger partial charge in [-0.3, -0.25) is 4.99 Å². The van der Waals surface area contributed by atoms with E-state index in [1.165, 1.54) is 23.5 Å². The Kier molecular flexibility index (Phi) is 4.59. The predicted molar refractivity (Wildman–Crippen MR) is 87.3 cm³/mol. The Labute approximate surface area is 140 Å². The van der Waals surface area contributed by atoms with Crippen LogP contribution in [-0.2, 0) is 6.18 Å². The van der Waals surface area contributed by atoms with E-state index in [9.17, 15) is 13.2 Å². The molecule has 1 aliphatic heterocycles. The van der Waals surface area contributed by atoms with Crippen molar-refractivity contribution in [2.24, 2.45) is 4.99 Å². The average molecular weight is 360 g/mol. The lowest BCUT2D eigenvalue weighted by Crippen LogP contribution is -2.15. The Morgan fingerprint density at radius 2 is 2.04 bits per heavy atom. The molecule has 0 unspecified atom stereocenters. The van der Waals surface area contributed by atoms with Crippen molar-refractivity contribution in [3.8, 4) is 11.3 Å². The highest BCUT2D eigenvalue weighted by Gasteiger charge is 2.34. The predicted octanol–water partition coefficient (Wildman–Crippen LogP) is 5.48. The largest absolute Gasteiger partial charge is 0.417 e. The molecule has 0 spiro atoms. The molecule has 23 heavy (non-hydrogen) atoms. The first kappa shape index (κ1) is 16.3. The lowest BCUT2D eigenvalue weighted by molar-refractivity contribution is -0.137. The first-order chi connectivity index (χ1) is 10.9. The number of nitrogens with zero attached hydrogens (tertiary/aromatic N) is 2. The molecular formula is C15H13ClF3N3S. The molecule has 0 atom stereocenters. The molecule has 2 aromatic rings. The van der Waals surface area contributed by atoms with Gasteiger partial charge in [-0.25, -0.2) is 4.98 Å². The van der Waals surface area contributed by atoms with E-state index in [2.05, 4.69) is 15.3 Å². The fraction of sp³-hybridized carbons (Fsp3) is 0.333. The third-order valence-electron chi connectivity index (χ3n) is 3.46.